The summed E-state index contributed by atoms with van der Waals surface area (Å²) in [6, 6.07) is 18.9. The molecule has 2 atom stereocenters. The molecule has 3 amide bonds. The maximum Gasteiger partial charge on any atom is 0.255 e. The average molecular weight is 1070 g/mol. The van der Waals surface area contributed by atoms with E-state index in [-0.39, 0.29) is 47.5 Å². The number of hydrogen-bond acceptors (Lipinski definition) is 10. The Kier molecular flexibility index (Phi) is 17.0. The van der Waals surface area contributed by atoms with E-state index in [9.17, 15) is 29.1 Å². The lowest BCUT2D eigenvalue weighted by Crippen LogP contribution is -2.52. The van der Waals surface area contributed by atoms with Crippen molar-refractivity contribution in [3.05, 3.63) is 195 Å². The van der Waals surface area contributed by atoms with Gasteiger partial charge in [-0.05, 0) is 184 Å². The molecule has 0 bridgehead atoms. The first-order valence-electron chi connectivity index (χ1n) is 29.0. The van der Waals surface area contributed by atoms with Gasteiger partial charge in [0.05, 0.1) is 23.5 Å². The molecule has 3 fully saturated rings. The number of hydrogen-bond donors (Lipinski definition) is 3. The maximum absolute atomic E-state index is 13.8. The van der Waals surface area contributed by atoms with E-state index >= 15 is 0 Å². The number of allylic oxidation sites excluding steroid dienone is 7. The summed E-state index contributed by atoms with van der Waals surface area (Å²) in [6.45, 7) is 17.6. The van der Waals surface area contributed by atoms with Crippen LogP contribution in [0.1, 0.15) is 169 Å². The lowest BCUT2D eigenvalue weighted by Gasteiger charge is -2.39. The number of ketones is 2. The quantitative estimate of drug-likeness (QED) is 0.0306. The molecule has 3 aliphatic carbocycles. The summed E-state index contributed by atoms with van der Waals surface area (Å²) in [4.78, 5) is 78.5. The van der Waals surface area contributed by atoms with Crippen molar-refractivity contribution in [1.82, 2.24) is 25.1 Å². The molecule has 2 unspecified atom stereocenters. The summed E-state index contributed by atoms with van der Waals surface area (Å²) in [6.07, 6.45) is 27.2. The Bertz CT molecular complexity index is 3270. The predicted octanol–water partition coefficient (Wildman–Crippen LogP) is 11.5. The minimum absolute atomic E-state index is 0.00247. The zero-order valence-corrected chi connectivity index (χ0v) is 46.8. The van der Waals surface area contributed by atoms with Gasteiger partial charge < -0.3 is 10.0 Å². The summed E-state index contributed by atoms with van der Waals surface area (Å²) in [5.74, 6) is -0.720. The van der Waals surface area contributed by atoms with Crippen molar-refractivity contribution in [2.75, 3.05) is 19.7 Å². The molecular weight excluding hydrogens is 997 g/mol. The standard InChI is InChI=1S/C68H76N6O6/c1-42-12-20-56(44(3)35-58(42)62(76)11-6-8-46-15-21-57-54(37-46)41-74(67(57)80)61-22-23-63(77)72-66(61)79)48-26-31-73(32-27-48)55-18-13-47(14-19-55)36-50-16-17-53(34-43(50)2)65(78)64(69)52-10-7-9-51(38-52)45(4)59-39-71-60(40-70-59)49-24-28-68(5,29-25-49)30-33-75/h6-7,9-11,15-17,20-21,26,34-35,37-40,47,49,55,58,61,69,75H,1,4,8,12-14,18-19,22-25,27-33,36,41H2,2-3,5H3,(H,72,77,79)/b11-6+,69-64?. The Morgan fingerprint density at radius 1 is 0.900 bits per heavy atom. The highest BCUT2D eigenvalue weighted by atomic mass is 16.3. The number of rotatable bonds is 17. The Balaban J connectivity index is 0.673. The number of carbonyl (C=O) groups excluding carboxylic acids is 5. The van der Waals surface area contributed by atoms with E-state index in [4.69, 9.17) is 15.4 Å². The fraction of sp³-hybridized carbons (Fsp3) is 0.412. The first-order chi connectivity index (χ1) is 38.5. The van der Waals surface area contributed by atoms with Gasteiger partial charge in [0.1, 0.15) is 11.8 Å². The molecule has 1 saturated heterocycles. The third-order valence-electron chi connectivity index (χ3n) is 18.4. The lowest BCUT2D eigenvalue weighted by molar-refractivity contribution is -0.137. The number of benzene rings is 3. The SMILES string of the molecule is C=C(c1cccc(C(=N)C(=O)c2ccc(CC3CCC(N4CC=C(C5=CCC(=C)C(C(=O)/C=C/Cc6ccc7c(c6)CN(C6CCC(=O)NC6=O)C7=O)C=C5C)CC4)CC3)c(C)c2)c1)c1cnc(C2CCC(C)(CCO)CC2)cn1. The number of aromatic nitrogens is 2. The number of fused-ring (bicyclic) bond motifs is 1. The van der Waals surface area contributed by atoms with Crippen LogP contribution in [0.4, 0.5) is 0 Å². The fourth-order valence-electron chi connectivity index (χ4n) is 13.3. The number of nitrogens with one attached hydrogen (secondary N) is 2. The highest BCUT2D eigenvalue weighted by Gasteiger charge is 2.39. The number of aryl methyl sites for hydroxylation is 1. The summed E-state index contributed by atoms with van der Waals surface area (Å²) < 4.78 is 0. The van der Waals surface area contributed by atoms with Gasteiger partial charge in [0, 0.05) is 73.1 Å². The molecule has 414 valence electrons. The topological polar surface area (TPSA) is 174 Å². The van der Waals surface area contributed by atoms with E-state index in [1.807, 2.05) is 54.7 Å². The van der Waals surface area contributed by atoms with Gasteiger partial charge in [-0.25, -0.2) is 0 Å². The highest BCUT2D eigenvalue weighted by molar-refractivity contribution is 6.50. The molecule has 3 aromatic carbocycles. The van der Waals surface area contributed by atoms with E-state index in [1.54, 1.807) is 29.3 Å². The molecule has 0 spiro atoms. The summed E-state index contributed by atoms with van der Waals surface area (Å²) >= 11 is 0. The third kappa shape index (κ3) is 12.4. The lowest BCUT2D eigenvalue weighted by atomic mass is 9.69. The molecule has 0 radical (unpaired) electrons. The second-order valence-electron chi connectivity index (χ2n) is 23.9. The van der Waals surface area contributed by atoms with Gasteiger partial charge in [-0.2, -0.15) is 0 Å². The van der Waals surface area contributed by atoms with Crippen molar-refractivity contribution in [3.63, 3.8) is 0 Å². The largest absolute Gasteiger partial charge is 0.396 e. The number of carbonyl (C=O) groups is 5. The van der Waals surface area contributed by atoms with Crippen LogP contribution in [-0.4, -0.2) is 91.7 Å². The van der Waals surface area contributed by atoms with E-state index in [2.05, 4.69) is 68.4 Å². The van der Waals surface area contributed by atoms with Crippen LogP contribution in [0.25, 0.3) is 5.57 Å². The van der Waals surface area contributed by atoms with Crippen LogP contribution < -0.4 is 5.32 Å². The Hall–Kier alpha value is -7.28. The number of aliphatic hydroxyl groups is 1. The third-order valence-corrected chi connectivity index (χ3v) is 18.4. The van der Waals surface area contributed by atoms with E-state index in [0.717, 1.165) is 123 Å². The summed E-state index contributed by atoms with van der Waals surface area (Å²) in [7, 11) is 0. The zero-order valence-electron chi connectivity index (χ0n) is 46.8. The van der Waals surface area contributed by atoms with Crippen molar-refractivity contribution in [2.45, 2.75) is 142 Å². The molecule has 6 aliphatic rings. The van der Waals surface area contributed by atoms with Gasteiger partial charge in [0.25, 0.3) is 5.91 Å². The number of piperidine rings is 1. The minimum Gasteiger partial charge on any atom is -0.396 e. The molecule has 4 aromatic rings. The second kappa shape index (κ2) is 24.2. The number of imide groups is 1. The molecular formula is C68H76N6O6. The van der Waals surface area contributed by atoms with Crippen LogP contribution in [0.15, 0.2) is 139 Å². The normalized spacial score (nSPS) is 24.6. The van der Waals surface area contributed by atoms with Crippen molar-refractivity contribution < 1.29 is 29.1 Å². The van der Waals surface area contributed by atoms with Gasteiger partial charge in [-0.15, -0.1) is 0 Å². The fourth-order valence-corrected chi connectivity index (χ4v) is 13.3. The zero-order chi connectivity index (χ0) is 56.2. The van der Waals surface area contributed by atoms with Gasteiger partial charge in [0.2, 0.25) is 17.6 Å². The highest BCUT2D eigenvalue weighted by Crippen LogP contribution is 2.44. The first-order valence-corrected chi connectivity index (χ1v) is 29.0. The van der Waals surface area contributed by atoms with Gasteiger partial charge >= 0.3 is 0 Å². The minimum atomic E-state index is -0.656. The average Bonchev–Trinajstić information content (AvgIpc) is 3.71. The predicted molar refractivity (Wildman–Crippen MR) is 313 cm³/mol. The number of nitrogens with zero attached hydrogens (tertiary/aromatic N) is 4. The molecule has 80 heavy (non-hydrogen) atoms. The van der Waals surface area contributed by atoms with Crippen molar-refractivity contribution in [3.8, 4) is 0 Å². The van der Waals surface area contributed by atoms with Crippen LogP contribution in [0.2, 0.25) is 0 Å². The van der Waals surface area contributed by atoms with Crippen molar-refractivity contribution in [1.29, 1.82) is 5.41 Å². The first kappa shape index (κ1) is 56.0. The molecule has 2 saturated carbocycles. The molecule has 4 heterocycles. The van der Waals surface area contributed by atoms with Gasteiger partial charge in [-0.1, -0.05) is 92.4 Å². The maximum atomic E-state index is 13.8. The second-order valence-corrected chi connectivity index (χ2v) is 23.9. The molecule has 12 nitrogen and oxygen atoms in total. The number of aliphatic hydroxyl groups excluding tert-OH is 1. The van der Waals surface area contributed by atoms with Crippen LogP contribution in [0.5, 0.6) is 0 Å². The monoisotopic (exact) mass is 1070 g/mol. The van der Waals surface area contributed by atoms with Crippen LogP contribution in [0.3, 0.4) is 0 Å². The van der Waals surface area contributed by atoms with Crippen LogP contribution in [0, 0.1) is 29.6 Å². The van der Waals surface area contributed by atoms with Crippen LogP contribution in [-0.2, 0) is 33.8 Å². The van der Waals surface area contributed by atoms with Gasteiger partial charge in [-0.3, -0.25) is 49.6 Å². The number of Topliss-reactive ketones (excluding diaryl/α,β-unsaturated/α-hetero) is 1. The smallest absolute Gasteiger partial charge is 0.255 e. The Labute approximate surface area is 471 Å². The Morgan fingerprint density at radius 2 is 1.69 bits per heavy atom. The van der Waals surface area contributed by atoms with Crippen molar-refractivity contribution in [2.24, 2.45) is 17.3 Å². The molecule has 1 aromatic heterocycles. The molecule has 3 aliphatic heterocycles. The van der Waals surface area contributed by atoms with Gasteiger partial charge in [0.15, 0.2) is 5.78 Å². The molecule has 10 rings (SSSR count). The summed E-state index contributed by atoms with van der Waals surface area (Å²) in [5, 5.41) is 20.8. The van der Waals surface area contributed by atoms with Crippen LogP contribution >= 0.6 is 0 Å². The van der Waals surface area contributed by atoms with E-state index < -0.39 is 17.9 Å². The van der Waals surface area contributed by atoms with Crippen molar-refractivity contribution >= 4 is 40.6 Å². The van der Waals surface area contributed by atoms with E-state index in [1.165, 1.54) is 16.7 Å². The molecule has 12 heteroatoms. The number of amides is 3. The Morgan fingerprint density at radius 3 is 2.40 bits per heavy atom. The van der Waals surface area contributed by atoms with E-state index in [0.29, 0.717) is 71.6 Å². The molecule has 3 N–H and O–H groups in total. The summed E-state index contributed by atoms with van der Waals surface area (Å²) in [5.41, 5.74) is 13.6.